The van der Waals surface area contributed by atoms with E-state index < -0.39 is 0 Å². The largest absolute Gasteiger partial charge is 0.372 e. The summed E-state index contributed by atoms with van der Waals surface area (Å²) in [6.45, 7) is 4.17. The SMILES string of the molecule is Cn1cc(CN2CC3(CCC(CNC(=O)c4ccno4)CO3)C2)cn1. The van der Waals surface area contributed by atoms with Gasteiger partial charge in [-0.25, -0.2) is 0 Å². The van der Waals surface area contributed by atoms with Gasteiger partial charge < -0.3 is 14.6 Å². The highest BCUT2D eigenvalue weighted by Gasteiger charge is 2.46. The first kappa shape index (κ1) is 16.3. The minimum Gasteiger partial charge on any atom is -0.372 e. The summed E-state index contributed by atoms with van der Waals surface area (Å²) in [4.78, 5) is 14.3. The third-order valence-corrected chi connectivity index (χ3v) is 5.03. The topological polar surface area (TPSA) is 85.4 Å². The van der Waals surface area contributed by atoms with Crippen LogP contribution in [0.5, 0.6) is 0 Å². The minimum atomic E-state index is -0.218. The molecule has 1 N–H and O–H groups in total. The Kier molecular flexibility index (Phi) is 4.30. The predicted molar refractivity (Wildman–Crippen MR) is 88.7 cm³/mol. The molecule has 4 rings (SSSR count). The van der Waals surface area contributed by atoms with Crippen molar-refractivity contribution in [2.24, 2.45) is 13.0 Å². The molecule has 2 aromatic heterocycles. The summed E-state index contributed by atoms with van der Waals surface area (Å²) in [6, 6.07) is 1.56. The Hall–Kier alpha value is -2.19. The number of amides is 1. The molecule has 2 aliphatic heterocycles. The number of hydrogen-bond acceptors (Lipinski definition) is 6. The van der Waals surface area contributed by atoms with Crippen LogP contribution in [0.25, 0.3) is 0 Å². The number of aromatic nitrogens is 3. The highest BCUT2D eigenvalue weighted by atomic mass is 16.5. The van der Waals surface area contributed by atoms with Crippen LogP contribution >= 0.6 is 0 Å². The zero-order chi connectivity index (χ0) is 17.3. The van der Waals surface area contributed by atoms with Crippen molar-refractivity contribution >= 4 is 5.91 Å². The zero-order valence-electron chi connectivity index (χ0n) is 14.4. The van der Waals surface area contributed by atoms with E-state index in [2.05, 4.69) is 26.7 Å². The molecule has 0 bridgehead atoms. The number of hydrogen-bond donors (Lipinski definition) is 1. The molecule has 0 saturated carbocycles. The summed E-state index contributed by atoms with van der Waals surface area (Å²) in [5, 5.41) is 10.6. The van der Waals surface area contributed by atoms with Gasteiger partial charge in [0.2, 0.25) is 5.76 Å². The Labute approximate surface area is 146 Å². The Morgan fingerprint density at radius 2 is 2.36 bits per heavy atom. The van der Waals surface area contributed by atoms with Crippen molar-refractivity contribution in [3.8, 4) is 0 Å². The molecule has 2 aliphatic rings. The van der Waals surface area contributed by atoms with E-state index in [-0.39, 0.29) is 17.3 Å². The molecular formula is C17H23N5O3. The van der Waals surface area contributed by atoms with Crippen LogP contribution in [-0.4, -0.2) is 57.6 Å². The number of rotatable bonds is 5. The van der Waals surface area contributed by atoms with E-state index in [4.69, 9.17) is 9.26 Å². The number of ether oxygens (including phenoxy) is 1. The number of aryl methyl sites for hydroxylation is 1. The van der Waals surface area contributed by atoms with Crippen molar-refractivity contribution in [3.05, 3.63) is 36.0 Å². The molecule has 1 atom stereocenters. The van der Waals surface area contributed by atoms with Gasteiger partial charge in [0.1, 0.15) is 0 Å². The molecule has 25 heavy (non-hydrogen) atoms. The summed E-state index contributed by atoms with van der Waals surface area (Å²) in [6.07, 6.45) is 7.55. The van der Waals surface area contributed by atoms with E-state index in [1.807, 2.05) is 17.9 Å². The lowest BCUT2D eigenvalue weighted by Gasteiger charge is -2.52. The van der Waals surface area contributed by atoms with E-state index in [1.165, 1.54) is 11.8 Å². The second kappa shape index (κ2) is 6.61. The molecule has 2 fully saturated rings. The van der Waals surface area contributed by atoms with Gasteiger partial charge in [0.15, 0.2) is 0 Å². The molecule has 1 unspecified atom stereocenters. The lowest BCUT2D eigenvalue weighted by atomic mass is 9.83. The van der Waals surface area contributed by atoms with Gasteiger partial charge in [0.05, 0.1) is 24.6 Å². The summed E-state index contributed by atoms with van der Waals surface area (Å²) in [5.41, 5.74) is 1.24. The van der Waals surface area contributed by atoms with Gasteiger partial charge in [-0.1, -0.05) is 5.16 Å². The molecule has 8 nitrogen and oxygen atoms in total. The molecule has 2 aromatic rings. The Bertz CT molecular complexity index is 710. The Balaban J connectivity index is 1.18. The van der Waals surface area contributed by atoms with Gasteiger partial charge in [0, 0.05) is 51.1 Å². The molecule has 0 aromatic carbocycles. The Morgan fingerprint density at radius 1 is 1.48 bits per heavy atom. The van der Waals surface area contributed by atoms with Crippen LogP contribution in [0.2, 0.25) is 0 Å². The van der Waals surface area contributed by atoms with Crippen LogP contribution in [0.1, 0.15) is 29.0 Å². The molecule has 2 saturated heterocycles. The molecule has 8 heteroatoms. The van der Waals surface area contributed by atoms with Gasteiger partial charge in [-0.15, -0.1) is 0 Å². The first-order valence-corrected chi connectivity index (χ1v) is 8.65. The van der Waals surface area contributed by atoms with Crippen LogP contribution in [0.3, 0.4) is 0 Å². The maximum atomic E-state index is 11.9. The van der Waals surface area contributed by atoms with E-state index >= 15 is 0 Å². The first-order chi connectivity index (χ1) is 12.1. The smallest absolute Gasteiger partial charge is 0.289 e. The van der Waals surface area contributed by atoms with Crippen LogP contribution < -0.4 is 5.32 Å². The normalized spacial score (nSPS) is 22.7. The fourth-order valence-corrected chi connectivity index (χ4v) is 3.68. The molecule has 4 heterocycles. The van der Waals surface area contributed by atoms with Gasteiger partial charge in [0.25, 0.3) is 5.91 Å². The second-order valence-corrected chi connectivity index (χ2v) is 7.15. The van der Waals surface area contributed by atoms with Crippen molar-refractivity contribution in [2.75, 3.05) is 26.2 Å². The fourth-order valence-electron chi connectivity index (χ4n) is 3.68. The van der Waals surface area contributed by atoms with Crippen LogP contribution in [0.4, 0.5) is 0 Å². The van der Waals surface area contributed by atoms with Crippen LogP contribution in [-0.2, 0) is 18.3 Å². The maximum absolute atomic E-state index is 11.9. The average Bonchev–Trinajstić information content (AvgIpc) is 3.24. The van der Waals surface area contributed by atoms with Crippen molar-refractivity contribution in [3.63, 3.8) is 0 Å². The molecule has 0 aliphatic carbocycles. The van der Waals surface area contributed by atoms with Crippen molar-refractivity contribution in [1.82, 2.24) is 25.2 Å². The number of carbonyl (C=O) groups excluding carboxylic acids is 1. The number of carbonyl (C=O) groups is 1. The van der Waals surface area contributed by atoms with E-state index in [9.17, 15) is 4.79 Å². The number of likely N-dealkylation sites (tertiary alicyclic amines) is 1. The van der Waals surface area contributed by atoms with Gasteiger partial charge >= 0.3 is 0 Å². The van der Waals surface area contributed by atoms with Crippen molar-refractivity contribution in [2.45, 2.75) is 25.0 Å². The lowest BCUT2D eigenvalue weighted by Crippen LogP contribution is -2.64. The standard InChI is InChI=1S/C17H23N5O3/c1-21-8-14(7-19-21)9-22-11-17(12-22)4-2-13(10-24-17)6-18-16(23)15-3-5-20-25-15/h3,5,7-8,13H,2,4,6,9-12H2,1H3,(H,18,23). The molecular weight excluding hydrogens is 322 g/mol. The monoisotopic (exact) mass is 345 g/mol. The lowest BCUT2D eigenvalue weighted by molar-refractivity contribution is -0.181. The third kappa shape index (κ3) is 3.59. The summed E-state index contributed by atoms with van der Waals surface area (Å²) in [7, 11) is 1.94. The second-order valence-electron chi connectivity index (χ2n) is 7.15. The van der Waals surface area contributed by atoms with Gasteiger partial charge in [-0.05, 0) is 18.8 Å². The average molecular weight is 345 g/mol. The minimum absolute atomic E-state index is 0.00759. The van der Waals surface area contributed by atoms with Crippen LogP contribution in [0.15, 0.2) is 29.2 Å². The molecule has 134 valence electrons. The summed E-state index contributed by atoms with van der Waals surface area (Å²) >= 11 is 0. The molecule has 1 amide bonds. The molecule has 1 spiro atoms. The molecule has 0 radical (unpaired) electrons. The van der Waals surface area contributed by atoms with Crippen LogP contribution in [0, 0.1) is 5.92 Å². The highest BCUT2D eigenvalue weighted by Crippen LogP contribution is 2.36. The van der Waals surface area contributed by atoms with Crippen molar-refractivity contribution in [1.29, 1.82) is 0 Å². The third-order valence-electron chi connectivity index (χ3n) is 5.03. The Morgan fingerprint density at radius 3 is 3.00 bits per heavy atom. The number of nitrogens with one attached hydrogen (secondary N) is 1. The van der Waals surface area contributed by atoms with E-state index in [0.717, 1.165) is 32.5 Å². The zero-order valence-corrected chi connectivity index (χ0v) is 14.4. The first-order valence-electron chi connectivity index (χ1n) is 8.65. The predicted octanol–water partition coefficient (Wildman–Crippen LogP) is 0.819. The van der Waals surface area contributed by atoms with E-state index in [1.54, 1.807) is 6.07 Å². The summed E-state index contributed by atoms with van der Waals surface area (Å²) in [5.74, 6) is 0.382. The fraction of sp³-hybridized carbons (Fsp3) is 0.588. The van der Waals surface area contributed by atoms with Gasteiger partial charge in [-0.2, -0.15) is 5.10 Å². The maximum Gasteiger partial charge on any atom is 0.289 e. The highest BCUT2D eigenvalue weighted by molar-refractivity contribution is 5.91. The van der Waals surface area contributed by atoms with Crippen molar-refractivity contribution < 1.29 is 14.1 Å². The quantitative estimate of drug-likeness (QED) is 0.863. The van der Waals surface area contributed by atoms with E-state index in [0.29, 0.717) is 19.1 Å². The van der Waals surface area contributed by atoms with Gasteiger partial charge in [-0.3, -0.25) is 14.4 Å². The number of nitrogens with zero attached hydrogens (tertiary/aromatic N) is 4. The summed E-state index contributed by atoms with van der Waals surface area (Å²) < 4.78 is 12.8.